The molecule has 88 valence electrons. The van der Waals surface area contributed by atoms with Crippen molar-refractivity contribution >= 4 is 35.2 Å². The van der Waals surface area contributed by atoms with Crippen molar-refractivity contribution in [2.24, 2.45) is 4.99 Å². The maximum atomic E-state index is 11.5. The van der Waals surface area contributed by atoms with E-state index in [1.165, 1.54) is 0 Å². The van der Waals surface area contributed by atoms with Gasteiger partial charge in [-0.3, -0.25) is 10.1 Å². The van der Waals surface area contributed by atoms with Crippen molar-refractivity contribution in [3.05, 3.63) is 29.3 Å². The van der Waals surface area contributed by atoms with Crippen LogP contribution in [0.15, 0.2) is 29.3 Å². The molecule has 7 heteroatoms. The molecule has 3 amide bonds. The summed E-state index contributed by atoms with van der Waals surface area (Å²) in [4.78, 5) is 25.9. The molecule has 1 aliphatic rings. The largest absolute Gasteiger partial charge is 0.348 e. The highest BCUT2D eigenvalue weighted by Gasteiger charge is 2.15. The molecule has 1 heterocycles. The summed E-state index contributed by atoms with van der Waals surface area (Å²) in [6.07, 6.45) is 0. The van der Waals surface area contributed by atoms with Gasteiger partial charge in [-0.05, 0) is 18.2 Å². The van der Waals surface area contributed by atoms with Crippen molar-refractivity contribution in [1.82, 2.24) is 10.6 Å². The lowest BCUT2D eigenvalue weighted by molar-refractivity contribution is -0.117. The van der Waals surface area contributed by atoms with Gasteiger partial charge in [-0.1, -0.05) is 17.7 Å². The number of urea groups is 1. The maximum Gasteiger partial charge on any atom is 0.348 e. The molecule has 3 N–H and O–H groups in total. The van der Waals surface area contributed by atoms with E-state index in [1.807, 2.05) is 0 Å². The van der Waals surface area contributed by atoms with Crippen LogP contribution in [0.25, 0.3) is 0 Å². The molecule has 1 aromatic rings. The average molecular weight is 253 g/mol. The molecule has 0 spiro atoms. The number of rotatable bonds is 1. The standard InChI is InChI=1S/C10H9ClN4O2/c11-6-2-1-3-7(4-6)13-10(17)15-9-12-5-8(16)14-9/h1-4H,5H2,(H3,12,13,14,15,16,17). The lowest BCUT2D eigenvalue weighted by Gasteiger charge is -2.02. The van der Waals surface area contributed by atoms with E-state index in [9.17, 15) is 9.59 Å². The SMILES string of the molecule is O=C1CN/C(=N/C(=O)Nc2cccc(Cl)c2)N1. The zero-order valence-corrected chi connectivity index (χ0v) is 9.41. The number of nitrogens with zero attached hydrogens (tertiary/aromatic N) is 1. The summed E-state index contributed by atoms with van der Waals surface area (Å²) in [5.41, 5.74) is 0.538. The number of nitrogens with one attached hydrogen (secondary N) is 3. The van der Waals surface area contributed by atoms with Gasteiger partial charge in [0.15, 0.2) is 0 Å². The Kier molecular flexibility index (Phi) is 3.24. The van der Waals surface area contributed by atoms with Crippen LogP contribution >= 0.6 is 11.6 Å². The van der Waals surface area contributed by atoms with Gasteiger partial charge in [0.1, 0.15) is 0 Å². The maximum absolute atomic E-state index is 11.5. The van der Waals surface area contributed by atoms with E-state index >= 15 is 0 Å². The van der Waals surface area contributed by atoms with Crippen molar-refractivity contribution in [3.63, 3.8) is 0 Å². The summed E-state index contributed by atoms with van der Waals surface area (Å²) in [7, 11) is 0. The van der Waals surface area contributed by atoms with E-state index in [0.29, 0.717) is 10.7 Å². The Balaban J connectivity index is 2.00. The van der Waals surface area contributed by atoms with E-state index in [0.717, 1.165) is 0 Å². The number of guanidine groups is 1. The van der Waals surface area contributed by atoms with E-state index in [4.69, 9.17) is 11.6 Å². The van der Waals surface area contributed by atoms with E-state index in [-0.39, 0.29) is 18.4 Å². The Morgan fingerprint density at radius 2 is 2.29 bits per heavy atom. The quantitative estimate of drug-likeness (QED) is 0.696. The Bertz CT molecular complexity index is 501. The Hall–Kier alpha value is -2.08. The van der Waals surface area contributed by atoms with E-state index in [2.05, 4.69) is 20.9 Å². The smallest absolute Gasteiger partial charge is 0.347 e. The van der Waals surface area contributed by atoms with Gasteiger partial charge >= 0.3 is 6.03 Å². The summed E-state index contributed by atoms with van der Waals surface area (Å²) in [6, 6.07) is 6.10. The second-order valence-corrected chi connectivity index (χ2v) is 3.74. The number of carbonyl (C=O) groups excluding carboxylic acids is 2. The van der Waals surface area contributed by atoms with Gasteiger partial charge in [0, 0.05) is 10.7 Å². The van der Waals surface area contributed by atoms with Crippen LogP contribution < -0.4 is 16.0 Å². The van der Waals surface area contributed by atoms with Crippen molar-refractivity contribution in [2.75, 3.05) is 11.9 Å². The Morgan fingerprint density at radius 3 is 2.94 bits per heavy atom. The molecule has 0 saturated carbocycles. The molecule has 1 aromatic carbocycles. The predicted molar refractivity (Wildman–Crippen MR) is 64.1 cm³/mol. The zero-order chi connectivity index (χ0) is 12.3. The summed E-state index contributed by atoms with van der Waals surface area (Å²) in [6.45, 7) is 0.128. The molecule has 0 aliphatic carbocycles. The van der Waals surface area contributed by atoms with Gasteiger partial charge < -0.3 is 10.6 Å². The highest BCUT2D eigenvalue weighted by atomic mass is 35.5. The van der Waals surface area contributed by atoms with Crippen LogP contribution in [0.5, 0.6) is 0 Å². The third-order valence-electron chi connectivity index (χ3n) is 1.96. The van der Waals surface area contributed by atoms with Gasteiger partial charge in [-0.15, -0.1) is 0 Å². The number of hydrogen-bond acceptors (Lipinski definition) is 2. The first-order valence-electron chi connectivity index (χ1n) is 4.82. The summed E-state index contributed by atoms with van der Waals surface area (Å²) >= 11 is 5.76. The zero-order valence-electron chi connectivity index (χ0n) is 8.66. The van der Waals surface area contributed by atoms with Crippen LogP contribution in [-0.2, 0) is 4.79 Å². The Morgan fingerprint density at radius 1 is 1.47 bits per heavy atom. The molecule has 6 nitrogen and oxygen atoms in total. The molecule has 0 bridgehead atoms. The first-order chi connectivity index (χ1) is 8.13. The van der Waals surface area contributed by atoms with Crippen LogP contribution in [0, 0.1) is 0 Å². The molecule has 0 unspecified atom stereocenters. The van der Waals surface area contributed by atoms with E-state index in [1.54, 1.807) is 24.3 Å². The molecular weight excluding hydrogens is 244 g/mol. The number of hydrogen-bond donors (Lipinski definition) is 3. The highest BCUT2D eigenvalue weighted by molar-refractivity contribution is 6.30. The molecular formula is C10H9ClN4O2. The average Bonchev–Trinajstić information content (AvgIpc) is 2.63. The first kappa shape index (κ1) is 11.4. The van der Waals surface area contributed by atoms with Crippen LogP contribution in [0.1, 0.15) is 0 Å². The second-order valence-electron chi connectivity index (χ2n) is 3.30. The van der Waals surface area contributed by atoms with Crippen LogP contribution in [0.4, 0.5) is 10.5 Å². The molecule has 1 fully saturated rings. The van der Waals surface area contributed by atoms with E-state index < -0.39 is 6.03 Å². The molecule has 2 rings (SSSR count). The topological polar surface area (TPSA) is 82.6 Å². The van der Waals surface area contributed by atoms with Crippen molar-refractivity contribution in [1.29, 1.82) is 0 Å². The number of halogens is 1. The Labute approximate surface area is 102 Å². The minimum absolute atomic E-state index is 0.128. The number of aliphatic imine (C=N–C) groups is 1. The fraction of sp³-hybridized carbons (Fsp3) is 0.100. The third-order valence-corrected chi connectivity index (χ3v) is 2.20. The number of benzene rings is 1. The summed E-state index contributed by atoms with van der Waals surface area (Å²) in [5, 5.41) is 8.07. The van der Waals surface area contributed by atoms with Crippen molar-refractivity contribution in [2.45, 2.75) is 0 Å². The highest BCUT2D eigenvalue weighted by Crippen LogP contribution is 2.14. The fourth-order valence-electron chi connectivity index (χ4n) is 1.27. The molecule has 1 saturated heterocycles. The molecule has 17 heavy (non-hydrogen) atoms. The fourth-order valence-corrected chi connectivity index (χ4v) is 1.46. The number of amides is 3. The minimum atomic E-state index is -0.586. The van der Waals surface area contributed by atoms with Crippen molar-refractivity contribution < 1.29 is 9.59 Å². The normalized spacial score (nSPS) is 16.5. The summed E-state index contributed by atoms with van der Waals surface area (Å²) in [5.74, 6) is -0.0752. The first-order valence-corrected chi connectivity index (χ1v) is 5.20. The van der Waals surface area contributed by atoms with Gasteiger partial charge in [0.25, 0.3) is 0 Å². The lowest BCUT2D eigenvalue weighted by Crippen LogP contribution is -2.27. The third kappa shape index (κ3) is 3.18. The van der Waals surface area contributed by atoms with Crippen molar-refractivity contribution in [3.8, 4) is 0 Å². The van der Waals surface area contributed by atoms with Gasteiger partial charge in [-0.2, -0.15) is 4.99 Å². The molecule has 1 aliphatic heterocycles. The minimum Gasteiger partial charge on any atom is -0.347 e. The van der Waals surface area contributed by atoms with Crippen LogP contribution in [0.3, 0.4) is 0 Å². The van der Waals surface area contributed by atoms with Gasteiger partial charge in [0.05, 0.1) is 6.54 Å². The number of carbonyl (C=O) groups is 2. The van der Waals surface area contributed by atoms with Crippen LogP contribution in [-0.4, -0.2) is 24.4 Å². The monoisotopic (exact) mass is 252 g/mol. The molecule has 0 radical (unpaired) electrons. The lowest BCUT2D eigenvalue weighted by atomic mass is 10.3. The number of anilines is 1. The van der Waals surface area contributed by atoms with Gasteiger partial charge in [0.2, 0.25) is 11.9 Å². The molecule has 0 atom stereocenters. The van der Waals surface area contributed by atoms with Crippen LogP contribution in [0.2, 0.25) is 5.02 Å². The van der Waals surface area contributed by atoms with Gasteiger partial charge in [-0.25, -0.2) is 4.79 Å². The second kappa shape index (κ2) is 4.84. The molecule has 0 aromatic heterocycles. The summed E-state index contributed by atoms with van der Waals surface area (Å²) < 4.78 is 0. The predicted octanol–water partition coefficient (Wildman–Crippen LogP) is 0.947.